The fraction of sp³-hybridized carbons (Fsp3) is 1.00. The van der Waals surface area contributed by atoms with Gasteiger partial charge in [0.25, 0.3) is 0 Å². The molecule has 0 N–H and O–H groups in total. The van der Waals surface area contributed by atoms with E-state index in [0.717, 1.165) is 6.04 Å². The van der Waals surface area contributed by atoms with Gasteiger partial charge in [0.1, 0.15) is 0 Å². The van der Waals surface area contributed by atoms with Crippen molar-refractivity contribution in [2.24, 2.45) is 0 Å². The second-order valence-corrected chi connectivity index (χ2v) is 6.97. The van der Waals surface area contributed by atoms with E-state index < -0.39 is 0 Å². The van der Waals surface area contributed by atoms with Crippen molar-refractivity contribution in [2.75, 3.05) is 39.1 Å². The van der Waals surface area contributed by atoms with E-state index in [1.165, 1.54) is 82.8 Å². The Labute approximate surface area is 129 Å². The van der Waals surface area contributed by atoms with Crippen molar-refractivity contribution in [1.82, 2.24) is 9.80 Å². The van der Waals surface area contributed by atoms with Crippen LogP contribution in [-0.4, -0.2) is 54.9 Å². The van der Waals surface area contributed by atoms with Gasteiger partial charge in [-0.05, 0) is 59.4 Å². The predicted octanol–water partition coefficient (Wildman–Crippen LogP) is 4.14. The van der Waals surface area contributed by atoms with Gasteiger partial charge in [0.15, 0.2) is 0 Å². The Hall–Kier alpha value is 0.400. The summed E-state index contributed by atoms with van der Waals surface area (Å²) in [5.41, 5.74) is 0. The molecule has 2 nitrogen and oxygen atoms in total. The molecule has 0 spiro atoms. The van der Waals surface area contributed by atoms with E-state index in [4.69, 9.17) is 0 Å². The molecule has 0 aromatic carbocycles. The third-order valence-corrected chi connectivity index (χ3v) is 5.02. The summed E-state index contributed by atoms with van der Waals surface area (Å²) < 4.78 is 0. The Morgan fingerprint density at radius 2 is 1.47 bits per heavy atom. The number of unbranched alkanes of at least 4 members (excludes halogenated alkanes) is 6. The molecule has 3 heteroatoms. The second-order valence-electron chi connectivity index (χ2n) is 6.18. The van der Waals surface area contributed by atoms with Crippen LogP contribution in [0.25, 0.3) is 0 Å². The molecule has 114 valence electrons. The molecule has 0 radical (unpaired) electrons. The van der Waals surface area contributed by atoms with Crippen molar-refractivity contribution < 1.29 is 0 Å². The number of hydrogen-bond donors (Lipinski definition) is 0. The molecular weight excluding hydrogens is 300 g/mol. The molecule has 0 unspecified atom stereocenters. The predicted molar refractivity (Wildman–Crippen MR) is 89.3 cm³/mol. The minimum Gasteiger partial charge on any atom is -0.306 e. The lowest BCUT2D eigenvalue weighted by molar-refractivity contribution is 0.142. The Kier molecular flexibility index (Phi) is 10.2. The standard InChI is InChI=1S/C16H33BrN2/c1-18-14-10-16(11-15-18)19(2)13-9-7-5-3-4-6-8-12-17/h16H,3-15H2,1-2H3. The van der Waals surface area contributed by atoms with Gasteiger partial charge in [-0.1, -0.05) is 48.0 Å². The molecule has 1 saturated heterocycles. The van der Waals surface area contributed by atoms with E-state index in [1.54, 1.807) is 0 Å². The van der Waals surface area contributed by atoms with Gasteiger partial charge in [-0.15, -0.1) is 0 Å². The highest BCUT2D eigenvalue weighted by Gasteiger charge is 2.19. The normalized spacial score (nSPS) is 18.3. The molecule has 0 aromatic heterocycles. The van der Waals surface area contributed by atoms with Crippen LogP contribution in [-0.2, 0) is 0 Å². The van der Waals surface area contributed by atoms with Crippen LogP contribution in [0.3, 0.4) is 0 Å². The van der Waals surface area contributed by atoms with E-state index in [-0.39, 0.29) is 0 Å². The number of alkyl halides is 1. The summed E-state index contributed by atoms with van der Waals surface area (Å²) in [5.74, 6) is 0. The maximum absolute atomic E-state index is 3.49. The van der Waals surface area contributed by atoms with Gasteiger partial charge in [0.05, 0.1) is 0 Å². The minimum absolute atomic E-state index is 0.843. The molecule has 0 aliphatic carbocycles. The van der Waals surface area contributed by atoms with Gasteiger partial charge >= 0.3 is 0 Å². The SMILES string of the molecule is CN1CCC(N(C)CCCCCCCCCBr)CC1. The van der Waals surface area contributed by atoms with Crippen molar-refractivity contribution in [1.29, 1.82) is 0 Å². The largest absolute Gasteiger partial charge is 0.306 e. The summed E-state index contributed by atoms with van der Waals surface area (Å²) in [6.45, 7) is 3.86. The summed E-state index contributed by atoms with van der Waals surface area (Å²) in [6.07, 6.45) is 12.6. The Morgan fingerprint density at radius 3 is 2.05 bits per heavy atom. The van der Waals surface area contributed by atoms with Crippen LogP contribution in [0.15, 0.2) is 0 Å². The smallest absolute Gasteiger partial charge is 0.0117 e. The van der Waals surface area contributed by atoms with Crippen molar-refractivity contribution >= 4 is 15.9 Å². The van der Waals surface area contributed by atoms with E-state index in [9.17, 15) is 0 Å². The van der Waals surface area contributed by atoms with E-state index in [1.807, 2.05) is 0 Å². The van der Waals surface area contributed by atoms with Crippen LogP contribution in [0.2, 0.25) is 0 Å². The van der Waals surface area contributed by atoms with Crippen LogP contribution in [0.4, 0.5) is 0 Å². The topological polar surface area (TPSA) is 6.48 Å². The molecule has 1 fully saturated rings. The van der Waals surface area contributed by atoms with E-state index in [0.29, 0.717) is 0 Å². The number of halogens is 1. The summed E-state index contributed by atoms with van der Waals surface area (Å²) in [7, 11) is 4.57. The molecule has 1 aliphatic rings. The quantitative estimate of drug-likeness (QED) is 0.438. The van der Waals surface area contributed by atoms with E-state index >= 15 is 0 Å². The lowest BCUT2D eigenvalue weighted by Crippen LogP contribution is -2.42. The molecular formula is C16H33BrN2. The molecule has 1 rings (SSSR count). The first-order valence-electron chi connectivity index (χ1n) is 8.19. The van der Waals surface area contributed by atoms with Gasteiger partial charge in [-0.3, -0.25) is 0 Å². The van der Waals surface area contributed by atoms with Crippen LogP contribution in [0, 0.1) is 0 Å². The van der Waals surface area contributed by atoms with Gasteiger partial charge in [-0.25, -0.2) is 0 Å². The van der Waals surface area contributed by atoms with Crippen LogP contribution >= 0.6 is 15.9 Å². The molecule has 0 aromatic rings. The zero-order valence-corrected chi connectivity index (χ0v) is 14.6. The van der Waals surface area contributed by atoms with Crippen LogP contribution < -0.4 is 0 Å². The van der Waals surface area contributed by atoms with Gasteiger partial charge < -0.3 is 9.80 Å². The number of piperidine rings is 1. The molecule has 0 amide bonds. The average molecular weight is 333 g/mol. The van der Waals surface area contributed by atoms with Crippen molar-refractivity contribution in [3.8, 4) is 0 Å². The highest BCUT2D eigenvalue weighted by atomic mass is 79.9. The lowest BCUT2D eigenvalue weighted by atomic mass is 10.0. The monoisotopic (exact) mass is 332 g/mol. The highest BCUT2D eigenvalue weighted by Crippen LogP contribution is 2.15. The van der Waals surface area contributed by atoms with Crippen molar-refractivity contribution in [2.45, 2.75) is 63.8 Å². The molecule has 0 saturated carbocycles. The first-order chi connectivity index (χ1) is 9.24. The third kappa shape index (κ3) is 8.31. The van der Waals surface area contributed by atoms with Crippen LogP contribution in [0.1, 0.15) is 57.8 Å². The summed E-state index contributed by atoms with van der Waals surface area (Å²) in [5, 5.41) is 1.17. The summed E-state index contributed by atoms with van der Waals surface area (Å²) in [4.78, 5) is 5.06. The van der Waals surface area contributed by atoms with Gasteiger partial charge in [0.2, 0.25) is 0 Å². The molecule has 1 aliphatic heterocycles. The maximum atomic E-state index is 3.49. The number of likely N-dealkylation sites (tertiary alicyclic amines) is 1. The third-order valence-electron chi connectivity index (χ3n) is 4.46. The number of nitrogens with zero attached hydrogens (tertiary/aromatic N) is 2. The Bertz CT molecular complexity index is 203. The Balaban J connectivity index is 1.91. The van der Waals surface area contributed by atoms with Crippen LogP contribution in [0.5, 0.6) is 0 Å². The fourth-order valence-electron chi connectivity index (χ4n) is 2.96. The summed E-state index contributed by atoms with van der Waals surface area (Å²) in [6, 6.07) is 0.843. The number of rotatable bonds is 10. The molecule has 19 heavy (non-hydrogen) atoms. The van der Waals surface area contributed by atoms with Crippen molar-refractivity contribution in [3.63, 3.8) is 0 Å². The summed E-state index contributed by atoms with van der Waals surface area (Å²) >= 11 is 3.49. The Morgan fingerprint density at radius 1 is 0.947 bits per heavy atom. The molecule has 0 bridgehead atoms. The van der Waals surface area contributed by atoms with Gasteiger partial charge in [-0.2, -0.15) is 0 Å². The highest BCUT2D eigenvalue weighted by molar-refractivity contribution is 9.09. The second kappa shape index (κ2) is 11.1. The zero-order valence-electron chi connectivity index (χ0n) is 13.0. The number of hydrogen-bond acceptors (Lipinski definition) is 2. The van der Waals surface area contributed by atoms with E-state index in [2.05, 4.69) is 39.8 Å². The average Bonchev–Trinajstić information content (AvgIpc) is 2.42. The molecule has 0 atom stereocenters. The minimum atomic E-state index is 0.843. The zero-order chi connectivity index (χ0) is 13.9. The molecule has 1 heterocycles. The van der Waals surface area contributed by atoms with Gasteiger partial charge in [0, 0.05) is 11.4 Å². The first kappa shape index (κ1) is 17.5. The van der Waals surface area contributed by atoms with Crippen molar-refractivity contribution in [3.05, 3.63) is 0 Å². The lowest BCUT2D eigenvalue weighted by Gasteiger charge is -2.35. The maximum Gasteiger partial charge on any atom is 0.0117 e. The fourth-order valence-corrected chi connectivity index (χ4v) is 3.35. The first-order valence-corrected chi connectivity index (χ1v) is 9.31.